The maximum Gasteiger partial charge on any atom is 0.266 e. The van der Waals surface area contributed by atoms with E-state index in [1.165, 1.54) is 0 Å². The maximum atomic E-state index is 12.2. The van der Waals surface area contributed by atoms with Gasteiger partial charge in [0.2, 0.25) is 0 Å². The second kappa shape index (κ2) is 3.85. The van der Waals surface area contributed by atoms with Crippen LogP contribution >= 0.6 is 11.6 Å². The molecule has 1 rings (SSSR count). The second-order valence-corrected chi connectivity index (χ2v) is 2.78. The molecule has 0 atom stereocenters. The summed E-state index contributed by atoms with van der Waals surface area (Å²) in [5.74, 6) is 0. The Hall–Kier alpha value is -0.940. The normalized spacial score (nSPS) is 10.8. The van der Waals surface area contributed by atoms with Crippen LogP contribution in [-0.2, 0) is 6.54 Å². The first-order chi connectivity index (χ1) is 6.06. The number of nitrogens with one attached hydrogen (secondary N) is 1. The van der Waals surface area contributed by atoms with Crippen LogP contribution in [0.5, 0.6) is 0 Å². The molecule has 0 aromatic carbocycles. The lowest BCUT2D eigenvalue weighted by Crippen LogP contribution is -2.17. The molecule has 0 spiro atoms. The highest BCUT2D eigenvalue weighted by Crippen LogP contribution is 2.24. The zero-order valence-corrected chi connectivity index (χ0v) is 7.24. The summed E-state index contributed by atoms with van der Waals surface area (Å²) in [7, 11) is 0. The molecule has 0 fully saturated rings. The van der Waals surface area contributed by atoms with Gasteiger partial charge in [-0.25, -0.2) is 8.78 Å². The van der Waals surface area contributed by atoms with Crippen LogP contribution in [0.3, 0.4) is 0 Å². The summed E-state index contributed by atoms with van der Waals surface area (Å²) < 4.78 is 24.5. The van der Waals surface area contributed by atoms with Crippen LogP contribution in [0.2, 0.25) is 5.15 Å². The smallest absolute Gasteiger partial charge is 0.266 e. The van der Waals surface area contributed by atoms with Crippen LogP contribution in [0.25, 0.3) is 0 Å². The molecule has 0 aliphatic rings. The molecule has 0 saturated carbocycles. The van der Waals surface area contributed by atoms with E-state index < -0.39 is 17.5 Å². The van der Waals surface area contributed by atoms with E-state index in [4.69, 9.17) is 17.3 Å². The largest absolute Gasteiger partial charge is 0.326 e. The highest BCUT2D eigenvalue weighted by molar-refractivity contribution is 6.30. The number of aromatic amines is 1. The second-order valence-electron chi connectivity index (χ2n) is 2.40. The van der Waals surface area contributed by atoms with Crippen molar-refractivity contribution in [3.63, 3.8) is 0 Å². The van der Waals surface area contributed by atoms with Gasteiger partial charge >= 0.3 is 0 Å². The van der Waals surface area contributed by atoms with E-state index in [9.17, 15) is 13.6 Å². The molecule has 3 nitrogen and oxygen atoms in total. The number of halogens is 3. The first kappa shape index (κ1) is 10.1. The van der Waals surface area contributed by atoms with E-state index in [1.54, 1.807) is 0 Å². The molecular weight excluding hydrogens is 202 g/mol. The molecule has 0 amide bonds. The molecule has 0 bridgehead atoms. The van der Waals surface area contributed by atoms with Crippen molar-refractivity contribution in [1.82, 2.24) is 4.98 Å². The molecule has 0 saturated heterocycles. The Morgan fingerprint density at radius 1 is 1.62 bits per heavy atom. The summed E-state index contributed by atoms with van der Waals surface area (Å²) in [6.07, 6.45) is -2.71. The molecule has 0 radical (unpaired) electrons. The summed E-state index contributed by atoms with van der Waals surface area (Å²) in [5.41, 5.74) is 4.33. The van der Waals surface area contributed by atoms with E-state index in [0.29, 0.717) is 0 Å². The molecule has 1 aromatic rings. The van der Waals surface area contributed by atoms with Crippen molar-refractivity contribution >= 4 is 11.6 Å². The van der Waals surface area contributed by atoms with Crippen molar-refractivity contribution in [2.45, 2.75) is 13.0 Å². The molecule has 1 heterocycles. The van der Waals surface area contributed by atoms with Gasteiger partial charge in [-0.1, -0.05) is 11.6 Å². The fraction of sp³-hybridized carbons (Fsp3) is 0.286. The number of H-pyrrole nitrogens is 1. The van der Waals surface area contributed by atoms with Gasteiger partial charge in [-0.3, -0.25) is 4.79 Å². The lowest BCUT2D eigenvalue weighted by atomic mass is 10.2. The van der Waals surface area contributed by atoms with Crippen molar-refractivity contribution in [2.24, 2.45) is 5.73 Å². The Balaban J connectivity index is 3.31. The molecule has 0 unspecified atom stereocenters. The Morgan fingerprint density at radius 3 is 2.69 bits per heavy atom. The predicted molar refractivity (Wildman–Crippen MR) is 44.9 cm³/mol. The van der Waals surface area contributed by atoms with Crippen molar-refractivity contribution in [3.05, 3.63) is 32.7 Å². The van der Waals surface area contributed by atoms with Crippen LogP contribution in [0.15, 0.2) is 10.9 Å². The lowest BCUT2D eigenvalue weighted by Gasteiger charge is -2.04. The Bertz CT molecular complexity index is 364. The maximum absolute atomic E-state index is 12.2. The molecule has 0 aliphatic carbocycles. The average molecular weight is 209 g/mol. The van der Waals surface area contributed by atoms with Crippen molar-refractivity contribution in [1.29, 1.82) is 0 Å². The van der Waals surface area contributed by atoms with Crippen molar-refractivity contribution in [2.75, 3.05) is 0 Å². The van der Waals surface area contributed by atoms with Gasteiger partial charge in [0.1, 0.15) is 5.15 Å². The third-order valence-electron chi connectivity index (χ3n) is 1.55. The monoisotopic (exact) mass is 208 g/mol. The summed E-state index contributed by atoms with van der Waals surface area (Å²) in [6, 6.07) is 1.02. The quantitative estimate of drug-likeness (QED) is 0.723. The summed E-state index contributed by atoms with van der Waals surface area (Å²) in [4.78, 5) is 13.1. The topological polar surface area (TPSA) is 58.9 Å². The van der Waals surface area contributed by atoms with Gasteiger partial charge in [0.25, 0.3) is 12.0 Å². The number of hydrogen-bond acceptors (Lipinski definition) is 2. The Kier molecular flexibility index (Phi) is 3.00. The van der Waals surface area contributed by atoms with Crippen LogP contribution in [0.4, 0.5) is 8.78 Å². The lowest BCUT2D eigenvalue weighted by molar-refractivity contribution is 0.151. The standard InChI is InChI=1S/C7H7ClF2N2O/c8-5-4(6(9)10)1-3(2-11)7(13)12-5/h1,6H,2,11H2,(H,12,13). The predicted octanol–water partition coefficient (Wildman–Crippen LogP) is 1.42. The number of aromatic nitrogens is 1. The van der Waals surface area contributed by atoms with E-state index >= 15 is 0 Å². The number of hydrogen-bond donors (Lipinski definition) is 2. The third-order valence-corrected chi connectivity index (χ3v) is 1.87. The minimum absolute atomic E-state index is 0.0910. The minimum Gasteiger partial charge on any atom is -0.326 e. The first-order valence-corrected chi connectivity index (χ1v) is 3.84. The number of rotatable bonds is 2. The molecule has 3 N–H and O–H groups in total. The summed E-state index contributed by atoms with van der Waals surface area (Å²) >= 11 is 5.38. The SMILES string of the molecule is NCc1cc(C(F)F)c(Cl)[nH]c1=O. The zero-order chi connectivity index (χ0) is 10.0. The van der Waals surface area contributed by atoms with E-state index in [2.05, 4.69) is 4.98 Å². The zero-order valence-electron chi connectivity index (χ0n) is 6.48. The minimum atomic E-state index is -2.71. The molecular formula is C7H7ClF2N2O. The van der Waals surface area contributed by atoms with Crippen LogP contribution in [0, 0.1) is 0 Å². The number of nitrogens with two attached hydrogens (primary N) is 1. The fourth-order valence-electron chi connectivity index (χ4n) is 0.879. The van der Waals surface area contributed by atoms with Crippen LogP contribution in [-0.4, -0.2) is 4.98 Å². The van der Waals surface area contributed by atoms with Gasteiger partial charge in [-0.15, -0.1) is 0 Å². The number of pyridine rings is 1. The van der Waals surface area contributed by atoms with Gasteiger partial charge in [0.05, 0.1) is 5.56 Å². The highest BCUT2D eigenvalue weighted by atomic mass is 35.5. The Labute approximate surface area is 77.5 Å². The van der Waals surface area contributed by atoms with Gasteiger partial charge in [-0.05, 0) is 6.07 Å². The highest BCUT2D eigenvalue weighted by Gasteiger charge is 2.14. The van der Waals surface area contributed by atoms with E-state index in [1.807, 2.05) is 0 Å². The van der Waals surface area contributed by atoms with Gasteiger partial charge < -0.3 is 10.7 Å². The van der Waals surface area contributed by atoms with E-state index in [0.717, 1.165) is 6.07 Å². The fourth-order valence-corrected chi connectivity index (χ4v) is 1.10. The molecule has 0 aliphatic heterocycles. The average Bonchev–Trinajstić information content (AvgIpc) is 2.03. The third kappa shape index (κ3) is 2.05. The molecule has 1 aromatic heterocycles. The van der Waals surface area contributed by atoms with Gasteiger partial charge in [-0.2, -0.15) is 0 Å². The summed E-state index contributed by atoms with van der Waals surface area (Å²) in [6.45, 7) is -0.0910. The molecule has 13 heavy (non-hydrogen) atoms. The van der Waals surface area contributed by atoms with Gasteiger partial charge in [0, 0.05) is 12.1 Å². The molecule has 72 valence electrons. The van der Waals surface area contributed by atoms with Crippen molar-refractivity contribution in [3.8, 4) is 0 Å². The number of alkyl halides is 2. The van der Waals surface area contributed by atoms with Crippen molar-refractivity contribution < 1.29 is 8.78 Å². The van der Waals surface area contributed by atoms with E-state index in [-0.39, 0.29) is 17.3 Å². The first-order valence-electron chi connectivity index (χ1n) is 3.46. The summed E-state index contributed by atoms with van der Waals surface area (Å²) in [5, 5.41) is -0.336. The molecule has 6 heteroatoms. The van der Waals surface area contributed by atoms with Crippen LogP contribution in [0.1, 0.15) is 17.6 Å². The Morgan fingerprint density at radius 2 is 2.23 bits per heavy atom. The van der Waals surface area contributed by atoms with Crippen LogP contribution < -0.4 is 11.3 Å². The van der Waals surface area contributed by atoms with Gasteiger partial charge in [0.15, 0.2) is 0 Å².